The van der Waals surface area contributed by atoms with Crippen molar-refractivity contribution in [3.05, 3.63) is 36.4 Å². The Morgan fingerprint density at radius 2 is 2.00 bits per heavy atom. The van der Waals surface area contributed by atoms with Crippen LogP contribution in [0, 0.1) is 0 Å². The summed E-state index contributed by atoms with van der Waals surface area (Å²) in [6.07, 6.45) is 7.61. The first-order chi connectivity index (χ1) is 9.83. The molecule has 0 amide bonds. The zero-order valence-corrected chi connectivity index (χ0v) is 11.7. The molecule has 2 aromatic heterocycles. The number of piperidine rings is 1. The van der Waals surface area contributed by atoms with Crippen molar-refractivity contribution in [2.24, 2.45) is 0 Å². The average Bonchev–Trinajstić information content (AvgIpc) is 3.03. The monoisotopic (exact) mass is 272 g/mol. The molecule has 6 nitrogen and oxygen atoms in total. The molecule has 0 saturated carbocycles. The molecule has 0 spiro atoms. The lowest BCUT2D eigenvalue weighted by Gasteiger charge is -2.33. The normalized spacial score (nSPS) is 18.1. The lowest BCUT2D eigenvalue weighted by atomic mass is 10.0. The van der Waals surface area contributed by atoms with E-state index in [0.29, 0.717) is 12.1 Å². The van der Waals surface area contributed by atoms with Gasteiger partial charge in [-0.3, -0.25) is 5.10 Å². The van der Waals surface area contributed by atoms with Crippen LogP contribution < -0.4 is 10.2 Å². The van der Waals surface area contributed by atoms with Crippen molar-refractivity contribution in [1.82, 2.24) is 25.5 Å². The maximum Gasteiger partial charge on any atom is 0.225 e. The van der Waals surface area contributed by atoms with Gasteiger partial charge in [0.1, 0.15) is 0 Å². The highest BCUT2D eigenvalue weighted by Crippen LogP contribution is 2.18. The molecule has 1 saturated heterocycles. The molecule has 0 bridgehead atoms. The van der Waals surface area contributed by atoms with E-state index in [1.165, 1.54) is 0 Å². The van der Waals surface area contributed by atoms with Crippen LogP contribution >= 0.6 is 0 Å². The Morgan fingerprint density at radius 1 is 1.25 bits per heavy atom. The summed E-state index contributed by atoms with van der Waals surface area (Å²) in [5.41, 5.74) is 1.14. The molecule has 2 aromatic rings. The minimum Gasteiger partial charge on any atom is -0.341 e. The molecule has 1 fully saturated rings. The molecule has 2 N–H and O–H groups in total. The predicted molar refractivity (Wildman–Crippen MR) is 77.4 cm³/mol. The first-order valence-corrected chi connectivity index (χ1v) is 7.10. The van der Waals surface area contributed by atoms with E-state index in [1.54, 1.807) is 18.6 Å². The van der Waals surface area contributed by atoms with Gasteiger partial charge in [0.15, 0.2) is 0 Å². The molecule has 20 heavy (non-hydrogen) atoms. The highest BCUT2D eigenvalue weighted by molar-refractivity contribution is 5.29. The Labute approximate surface area is 118 Å². The third-order valence-electron chi connectivity index (χ3n) is 3.80. The number of aromatic amines is 1. The van der Waals surface area contributed by atoms with Gasteiger partial charge < -0.3 is 10.2 Å². The summed E-state index contributed by atoms with van der Waals surface area (Å²) >= 11 is 0. The summed E-state index contributed by atoms with van der Waals surface area (Å²) in [6, 6.07) is 4.71. The van der Waals surface area contributed by atoms with Crippen molar-refractivity contribution >= 4 is 5.95 Å². The molecular formula is C14H20N6. The molecular weight excluding hydrogens is 252 g/mol. The summed E-state index contributed by atoms with van der Waals surface area (Å²) in [5, 5.41) is 10.7. The van der Waals surface area contributed by atoms with Gasteiger partial charge in [-0.15, -0.1) is 0 Å². The molecule has 106 valence electrons. The summed E-state index contributed by atoms with van der Waals surface area (Å²) in [5.74, 6) is 0.840. The third kappa shape index (κ3) is 2.96. The van der Waals surface area contributed by atoms with Crippen molar-refractivity contribution < 1.29 is 0 Å². The van der Waals surface area contributed by atoms with Gasteiger partial charge in [0.25, 0.3) is 0 Å². The highest BCUT2D eigenvalue weighted by atomic mass is 15.3. The first kappa shape index (κ1) is 13.1. The van der Waals surface area contributed by atoms with E-state index in [2.05, 4.69) is 37.3 Å². The number of hydrogen-bond donors (Lipinski definition) is 2. The van der Waals surface area contributed by atoms with Gasteiger partial charge in [-0.2, -0.15) is 5.10 Å². The number of rotatable bonds is 4. The predicted octanol–water partition coefficient (Wildman–Crippen LogP) is 1.52. The molecule has 1 aliphatic rings. The van der Waals surface area contributed by atoms with Crippen LogP contribution in [0.4, 0.5) is 5.95 Å². The van der Waals surface area contributed by atoms with Gasteiger partial charge in [-0.25, -0.2) is 9.97 Å². The molecule has 1 atom stereocenters. The van der Waals surface area contributed by atoms with Crippen molar-refractivity contribution in [1.29, 1.82) is 0 Å². The molecule has 6 heteroatoms. The smallest absolute Gasteiger partial charge is 0.225 e. The SMILES string of the molecule is CC(NC1CCN(c2ncccn2)CC1)c1ccn[nH]1. The fourth-order valence-corrected chi connectivity index (χ4v) is 2.65. The maximum atomic E-state index is 4.31. The van der Waals surface area contributed by atoms with Crippen LogP contribution in [0.3, 0.4) is 0 Å². The zero-order valence-electron chi connectivity index (χ0n) is 11.7. The minimum absolute atomic E-state index is 0.307. The van der Waals surface area contributed by atoms with Crippen molar-refractivity contribution in [3.8, 4) is 0 Å². The van der Waals surface area contributed by atoms with E-state index in [4.69, 9.17) is 0 Å². The highest BCUT2D eigenvalue weighted by Gasteiger charge is 2.22. The van der Waals surface area contributed by atoms with Gasteiger partial charge in [0.2, 0.25) is 5.95 Å². The van der Waals surface area contributed by atoms with Gasteiger partial charge in [0, 0.05) is 43.8 Å². The van der Waals surface area contributed by atoms with Crippen LogP contribution in [-0.4, -0.2) is 39.3 Å². The standard InChI is InChI=1S/C14H20N6/c1-11(13-3-8-17-19-13)18-12-4-9-20(10-5-12)14-15-6-2-7-16-14/h2-3,6-8,11-12,18H,4-5,9-10H2,1H3,(H,17,19). The van der Waals surface area contributed by atoms with Gasteiger partial charge in [-0.05, 0) is 31.9 Å². The Bertz CT molecular complexity index is 504. The molecule has 0 aliphatic carbocycles. The van der Waals surface area contributed by atoms with Crippen molar-refractivity contribution in [2.75, 3.05) is 18.0 Å². The zero-order chi connectivity index (χ0) is 13.8. The summed E-state index contributed by atoms with van der Waals surface area (Å²) in [6.45, 7) is 4.16. The molecule has 0 aromatic carbocycles. The lowest BCUT2D eigenvalue weighted by molar-refractivity contribution is 0.375. The summed E-state index contributed by atoms with van der Waals surface area (Å²) in [4.78, 5) is 10.9. The Hall–Kier alpha value is -1.95. The van der Waals surface area contributed by atoms with Gasteiger partial charge >= 0.3 is 0 Å². The second kappa shape index (κ2) is 6.00. The number of nitrogens with one attached hydrogen (secondary N) is 2. The Morgan fingerprint density at radius 3 is 2.65 bits per heavy atom. The number of anilines is 1. The van der Waals surface area contributed by atoms with E-state index in [1.807, 2.05) is 12.1 Å². The van der Waals surface area contributed by atoms with E-state index in [9.17, 15) is 0 Å². The fourth-order valence-electron chi connectivity index (χ4n) is 2.65. The lowest BCUT2D eigenvalue weighted by Crippen LogP contribution is -2.43. The van der Waals surface area contributed by atoms with Gasteiger partial charge in [0.05, 0.1) is 5.69 Å². The van der Waals surface area contributed by atoms with Crippen LogP contribution in [-0.2, 0) is 0 Å². The Kier molecular flexibility index (Phi) is 3.92. The molecule has 1 unspecified atom stereocenters. The third-order valence-corrected chi connectivity index (χ3v) is 3.80. The second-order valence-corrected chi connectivity index (χ2v) is 5.21. The van der Waals surface area contributed by atoms with Crippen LogP contribution in [0.5, 0.6) is 0 Å². The number of hydrogen-bond acceptors (Lipinski definition) is 5. The molecule has 0 radical (unpaired) electrons. The van der Waals surface area contributed by atoms with Crippen molar-refractivity contribution in [3.63, 3.8) is 0 Å². The number of nitrogens with zero attached hydrogens (tertiary/aromatic N) is 4. The van der Waals surface area contributed by atoms with E-state index in [0.717, 1.165) is 37.6 Å². The molecule has 1 aliphatic heterocycles. The van der Waals surface area contributed by atoms with Gasteiger partial charge in [-0.1, -0.05) is 0 Å². The fraction of sp³-hybridized carbons (Fsp3) is 0.500. The number of aromatic nitrogens is 4. The van der Waals surface area contributed by atoms with Crippen LogP contribution in [0.1, 0.15) is 31.5 Å². The van der Waals surface area contributed by atoms with E-state index >= 15 is 0 Å². The van der Waals surface area contributed by atoms with Crippen LogP contribution in [0.2, 0.25) is 0 Å². The second-order valence-electron chi connectivity index (χ2n) is 5.21. The quantitative estimate of drug-likeness (QED) is 0.883. The first-order valence-electron chi connectivity index (χ1n) is 7.10. The Balaban J connectivity index is 1.51. The average molecular weight is 272 g/mol. The van der Waals surface area contributed by atoms with Crippen molar-refractivity contribution in [2.45, 2.75) is 31.8 Å². The van der Waals surface area contributed by atoms with E-state index in [-0.39, 0.29) is 0 Å². The van der Waals surface area contributed by atoms with Crippen LogP contribution in [0.15, 0.2) is 30.7 Å². The minimum atomic E-state index is 0.307. The summed E-state index contributed by atoms with van der Waals surface area (Å²) in [7, 11) is 0. The topological polar surface area (TPSA) is 69.7 Å². The molecule has 3 rings (SSSR count). The number of H-pyrrole nitrogens is 1. The molecule has 3 heterocycles. The summed E-state index contributed by atoms with van der Waals surface area (Å²) < 4.78 is 0. The maximum absolute atomic E-state index is 4.31. The van der Waals surface area contributed by atoms with E-state index < -0.39 is 0 Å². The largest absolute Gasteiger partial charge is 0.341 e. The van der Waals surface area contributed by atoms with Crippen LogP contribution in [0.25, 0.3) is 0 Å².